The summed E-state index contributed by atoms with van der Waals surface area (Å²) in [5.41, 5.74) is 0. The van der Waals surface area contributed by atoms with Crippen LogP contribution >= 0.6 is 0 Å². The molecule has 0 aromatic heterocycles. The molecule has 0 heterocycles. The predicted octanol–water partition coefficient (Wildman–Crippen LogP) is 0.0900. The summed E-state index contributed by atoms with van der Waals surface area (Å²) in [6.45, 7) is 0. The van der Waals surface area contributed by atoms with Crippen LogP contribution in [0, 0.1) is 0 Å². The van der Waals surface area contributed by atoms with E-state index in [-0.39, 0.29) is 36.6 Å². The van der Waals surface area contributed by atoms with Crippen LogP contribution in [-0.4, -0.2) is 79.3 Å². The Bertz CT molecular complexity index is 163. The highest BCUT2D eigenvalue weighted by Gasteiger charge is 2.53. The molecule has 18 heavy (non-hydrogen) atoms. The van der Waals surface area contributed by atoms with Gasteiger partial charge in [-0.1, -0.05) is 0 Å². The Kier molecular flexibility index (Phi) is 6.48. The molecule has 0 saturated heterocycles. The molecule has 0 N–H and O–H groups in total. The molecule has 108 valence electrons. The van der Waals surface area contributed by atoms with E-state index in [9.17, 15) is 0 Å². The van der Waals surface area contributed by atoms with Gasteiger partial charge in [0.2, 0.25) is 0 Å². The highest BCUT2D eigenvalue weighted by atomic mass is 16.6. The molecule has 1 rings (SSSR count). The fourth-order valence-corrected chi connectivity index (χ4v) is 2.73. The average Bonchev–Trinajstić information content (AvgIpc) is 2.43. The second-order valence-electron chi connectivity index (χ2n) is 4.20. The molecule has 1 aliphatic carbocycles. The van der Waals surface area contributed by atoms with Crippen LogP contribution in [0.4, 0.5) is 0 Å². The minimum absolute atomic E-state index is 0.277. The van der Waals surface area contributed by atoms with Crippen LogP contribution in [0.1, 0.15) is 0 Å². The van der Waals surface area contributed by atoms with Crippen LogP contribution in [0.3, 0.4) is 0 Å². The molecule has 1 fully saturated rings. The van der Waals surface area contributed by atoms with E-state index in [4.69, 9.17) is 28.4 Å². The first-order valence-electron chi connectivity index (χ1n) is 5.86. The molecule has 6 heteroatoms. The smallest absolute Gasteiger partial charge is 0.115 e. The van der Waals surface area contributed by atoms with E-state index in [1.165, 1.54) is 0 Å². The first kappa shape index (κ1) is 15.8. The fourth-order valence-electron chi connectivity index (χ4n) is 2.73. The fraction of sp³-hybridized carbons (Fsp3) is 1.00. The lowest BCUT2D eigenvalue weighted by atomic mass is 9.84. The maximum Gasteiger partial charge on any atom is 0.115 e. The zero-order valence-corrected chi connectivity index (χ0v) is 11.9. The van der Waals surface area contributed by atoms with Gasteiger partial charge in [0.15, 0.2) is 0 Å². The Balaban J connectivity index is 3.06. The monoisotopic (exact) mass is 264 g/mol. The molecule has 0 spiro atoms. The van der Waals surface area contributed by atoms with Crippen molar-refractivity contribution in [2.75, 3.05) is 42.7 Å². The van der Waals surface area contributed by atoms with Crippen molar-refractivity contribution < 1.29 is 28.4 Å². The van der Waals surface area contributed by atoms with E-state index < -0.39 is 0 Å². The summed E-state index contributed by atoms with van der Waals surface area (Å²) in [6, 6.07) is 0. The van der Waals surface area contributed by atoms with Crippen LogP contribution in [0.2, 0.25) is 0 Å². The van der Waals surface area contributed by atoms with Crippen molar-refractivity contribution >= 4 is 0 Å². The Morgan fingerprint density at radius 2 is 0.444 bits per heavy atom. The highest BCUT2D eigenvalue weighted by molar-refractivity contribution is 5.02. The molecule has 0 aromatic carbocycles. The van der Waals surface area contributed by atoms with Crippen molar-refractivity contribution in [3.05, 3.63) is 0 Å². The second-order valence-corrected chi connectivity index (χ2v) is 4.20. The van der Waals surface area contributed by atoms with Crippen molar-refractivity contribution in [1.82, 2.24) is 0 Å². The minimum Gasteiger partial charge on any atom is -0.376 e. The summed E-state index contributed by atoms with van der Waals surface area (Å²) in [6.07, 6.45) is -1.66. The summed E-state index contributed by atoms with van der Waals surface area (Å²) in [5.74, 6) is 0. The van der Waals surface area contributed by atoms with Crippen LogP contribution in [-0.2, 0) is 28.4 Å². The van der Waals surface area contributed by atoms with Gasteiger partial charge in [0.25, 0.3) is 0 Å². The molecule has 0 aliphatic heterocycles. The Hall–Kier alpha value is -0.240. The minimum atomic E-state index is -0.277. The van der Waals surface area contributed by atoms with Crippen LogP contribution in [0.5, 0.6) is 0 Å². The van der Waals surface area contributed by atoms with Gasteiger partial charge >= 0.3 is 0 Å². The lowest BCUT2D eigenvalue weighted by molar-refractivity contribution is -0.257. The van der Waals surface area contributed by atoms with Gasteiger partial charge in [0, 0.05) is 42.7 Å². The van der Waals surface area contributed by atoms with Gasteiger partial charge in [-0.05, 0) is 0 Å². The molecule has 0 amide bonds. The third kappa shape index (κ3) is 2.68. The standard InChI is InChI=1S/C12H24O6/c1-13-7-8(14-2)10(16-4)12(18-6)11(17-5)9(7)15-3/h7-12H,1-6H3. The third-order valence-corrected chi connectivity index (χ3v) is 3.58. The number of hydrogen-bond acceptors (Lipinski definition) is 6. The van der Waals surface area contributed by atoms with E-state index in [0.717, 1.165) is 0 Å². The number of ether oxygens (including phenoxy) is 6. The summed E-state index contributed by atoms with van der Waals surface area (Å²) in [5, 5.41) is 0. The number of hydrogen-bond donors (Lipinski definition) is 0. The van der Waals surface area contributed by atoms with Crippen molar-refractivity contribution in [3.63, 3.8) is 0 Å². The van der Waals surface area contributed by atoms with Gasteiger partial charge in [0.05, 0.1) is 0 Å². The van der Waals surface area contributed by atoms with Crippen LogP contribution in [0.25, 0.3) is 0 Å². The van der Waals surface area contributed by atoms with Crippen molar-refractivity contribution in [3.8, 4) is 0 Å². The lowest BCUT2D eigenvalue weighted by Gasteiger charge is -2.47. The summed E-state index contributed by atoms with van der Waals surface area (Å²) in [4.78, 5) is 0. The first-order chi connectivity index (χ1) is 8.69. The van der Waals surface area contributed by atoms with Crippen molar-refractivity contribution in [2.45, 2.75) is 36.6 Å². The number of rotatable bonds is 6. The normalized spacial score (nSPS) is 41.0. The molecule has 1 saturated carbocycles. The maximum atomic E-state index is 5.49. The summed E-state index contributed by atoms with van der Waals surface area (Å²) in [7, 11) is 9.72. The lowest BCUT2D eigenvalue weighted by Crippen LogP contribution is -2.66. The zero-order valence-electron chi connectivity index (χ0n) is 11.9. The van der Waals surface area contributed by atoms with Gasteiger partial charge < -0.3 is 28.4 Å². The van der Waals surface area contributed by atoms with Crippen LogP contribution in [0.15, 0.2) is 0 Å². The molecular formula is C12H24O6. The summed E-state index contributed by atoms with van der Waals surface area (Å²) >= 11 is 0. The van der Waals surface area contributed by atoms with E-state index in [2.05, 4.69) is 0 Å². The Labute approximate surface area is 108 Å². The zero-order chi connectivity index (χ0) is 13.7. The van der Waals surface area contributed by atoms with Gasteiger partial charge in [-0.25, -0.2) is 0 Å². The van der Waals surface area contributed by atoms with Crippen molar-refractivity contribution in [2.24, 2.45) is 0 Å². The molecular weight excluding hydrogens is 240 g/mol. The molecule has 0 radical (unpaired) electrons. The summed E-state index contributed by atoms with van der Waals surface area (Å²) < 4.78 is 32.9. The van der Waals surface area contributed by atoms with Gasteiger partial charge in [-0.3, -0.25) is 0 Å². The Morgan fingerprint density at radius 1 is 0.333 bits per heavy atom. The van der Waals surface area contributed by atoms with Crippen molar-refractivity contribution in [1.29, 1.82) is 0 Å². The quantitative estimate of drug-likeness (QED) is 0.678. The van der Waals surface area contributed by atoms with E-state index >= 15 is 0 Å². The molecule has 0 bridgehead atoms. The van der Waals surface area contributed by atoms with Gasteiger partial charge in [-0.15, -0.1) is 0 Å². The molecule has 0 atom stereocenters. The van der Waals surface area contributed by atoms with Gasteiger partial charge in [0.1, 0.15) is 36.6 Å². The molecule has 6 nitrogen and oxygen atoms in total. The highest BCUT2D eigenvalue weighted by Crippen LogP contribution is 2.31. The second kappa shape index (κ2) is 7.37. The predicted molar refractivity (Wildman–Crippen MR) is 64.8 cm³/mol. The maximum absolute atomic E-state index is 5.49. The first-order valence-corrected chi connectivity index (χ1v) is 5.86. The number of methoxy groups -OCH3 is 6. The van der Waals surface area contributed by atoms with E-state index in [1.807, 2.05) is 0 Å². The topological polar surface area (TPSA) is 55.4 Å². The SMILES string of the molecule is COC1C(OC)C(OC)C(OC)C(OC)C1OC. The molecule has 1 aliphatic rings. The largest absolute Gasteiger partial charge is 0.376 e. The molecule has 0 aromatic rings. The average molecular weight is 264 g/mol. The van der Waals surface area contributed by atoms with E-state index in [1.54, 1.807) is 42.7 Å². The van der Waals surface area contributed by atoms with Gasteiger partial charge in [-0.2, -0.15) is 0 Å². The Morgan fingerprint density at radius 3 is 0.500 bits per heavy atom. The van der Waals surface area contributed by atoms with Crippen LogP contribution < -0.4 is 0 Å². The van der Waals surface area contributed by atoms with E-state index in [0.29, 0.717) is 0 Å². The third-order valence-electron chi connectivity index (χ3n) is 3.58. The molecule has 0 unspecified atom stereocenters.